The van der Waals surface area contributed by atoms with Gasteiger partial charge in [0, 0.05) is 26.1 Å². The Morgan fingerprint density at radius 3 is 2.23 bits per heavy atom. The van der Waals surface area contributed by atoms with Crippen LogP contribution in [0.3, 0.4) is 0 Å². The van der Waals surface area contributed by atoms with Crippen LogP contribution >= 0.6 is 0 Å². The predicted molar refractivity (Wildman–Crippen MR) is 81.5 cm³/mol. The number of ether oxygens (including phenoxy) is 2. The number of sulfonamides is 1. The van der Waals surface area contributed by atoms with E-state index in [2.05, 4.69) is 9.71 Å². The summed E-state index contributed by atoms with van der Waals surface area (Å²) in [6.07, 6.45) is 1.75. The zero-order valence-electron chi connectivity index (χ0n) is 12.4. The number of pyridine rings is 1. The summed E-state index contributed by atoms with van der Waals surface area (Å²) in [5.74, 6) is -1.52. The van der Waals surface area contributed by atoms with Crippen molar-refractivity contribution in [2.45, 2.75) is 17.2 Å². The average Bonchev–Trinajstić information content (AvgIpc) is 2.56. The Balaban J connectivity index is 2.28. The molecule has 1 aromatic carbocycles. The van der Waals surface area contributed by atoms with Gasteiger partial charge in [-0.05, 0) is 24.3 Å². The molecule has 118 valence electrons. The number of nitrogens with zero attached hydrogens (tertiary/aromatic N) is 1. The Labute approximate surface area is 130 Å². The van der Waals surface area contributed by atoms with E-state index in [0.717, 1.165) is 0 Å². The summed E-state index contributed by atoms with van der Waals surface area (Å²) in [4.78, 5) is 4.30. The van der Waals surface area contributed by atoms with Crippen molar-refractivity contribution in [3.05, 3.63) is 60.4 Å². The summed E-state index contributed by atoms with van der Waals surface area (Å²) in [7, 11) is -1.04. The molecule has 1 aromatic heterocycles. The molecule has 0 radical (unpaired) electrons. The molecule has 0 saturated heterocycles. The van der Waals surface area contributed by atoms with Gasteiger partial charge in [-0.3, -0.25) is 4.98 Å². The van der Waals surface area contributed by atoms with Gasteiger partial charge in [-0.15, -0.1) is 0 Å². The normalized spacial score (nSPS) is 12.3. The summed E-state index contributed by atoms with van der Waals surface area (Å²) >= 11 is 0. The van der Waals surface area contributed by atoms with Crippen molar-refractivity contribution in [1.82, 2.24) is 9.71 Å². The largest absolute Gasteiger partial charge is 0.340 e. The van der Waals surface area contributed by atoms with Gasteiger partial charge in [0.25, 0.3) is 0 Å². The Morgan fingerprint density at radius 1 is 1.05 bits per heavy atom. The molecular weight excluding hydrogens is 304 g/mol. The van der Waals surface area contributed by atoms with Crippen molar-refractivity contribution in [2.24, 2.45) is 0 Å². The van der Waals surface area contributed by atoms with Crippen molar-refractivity contribution >= 4 is 10.0 Å². The molecule has 0 spiro atoms. The highest BCUT2D eigenvalue weighted by Crippen LogP contribution is 2.18. The standard InChI is InChI=1S/C15H18N2O4S/c1-20-15(21-2,12-13-8-6-7-11-16-13)17-22(18,19)14-9-4-3-5-10-14/h3-11,17H,12H2,1-2H3. The fourth-order valence-corrected chi connectivity index (χ4v) is 3.23. The quantitative estimate of drug-likeness (QED) is 0.783. The maximum Gasteiger partial charge on any atom is 0.245 e. The van der Waals surface area contributed by atoms with Gasteiger partial charge in [0.15, 0.2) is 0 Å². The molecule has 1 N–H and O–H groups in total. The van der Waals surface area contributed by atoms with Crippen molar-refractivity contribution in [2.75, 3.05) is 14.2 Å². The summed E-state index contributed by atoms with van der Waals surface area (Å²) in [5, 5.41) is 0. The lowest BCUT2D eigenvalue weighted by Gasteiger charge is -2.30. The SMILES string of the molecule is COC(Cc1ccccn1)(NS(=O)(=O)c1ccccc1)OC. The Morgan fingerprint density at radius 2 is 1.68 bits per heavy atom. The molecule has 0 fully saturated rings. The Kier molecular flexibility index (Phi) is 5.25. The molecule has 0 aliphatic rings. The van der Waals surface area contributed by atoms with Gasteiger partial charge in [-0.25, -0.2) is 8.42 Å². The zero-order chi connectivity index (χ0) is 16.1. The molecule has 0 saturated carbocycles. The van der Waals surface area contributed by atoms with Gasteiger partial charge in [0.1, 0.15) is 0 Å². The van der Waals surface area contributed by atoms with E-state index in [-0.39, 0.29) is 11.3 Å². The van der Waals surface area contributed by atoms with E-state index in [4.69, 9.17) is 9.47 Å². The molecule has 0 unspecified atom stereocenters. The molecule has 0 bridgehead atoms. The highest BCUT2D eigenvalue weighted by molar-refractivity contribution is 7.89. The molecule has 2 aromatic rings. The first-order valence-electron chi connectivity index (χ1n) is 6.60. The highest BCUT2D eigenvalue weighted by atomic mass is 32.2. The third-order valence-electron chi connectivity index (χ3n) is 3.14. The number of benzene rings is 1. The third-order valence-corrected chi connectivity index (χ3v) is 4.62. The van der Waals surface area contributed by atoms with Gasteiger partial charge in [0.05, 0.1) is 11.3 Å². The van der Waals surface area contributed by atoms with Crippen LogP contribution < -0.4 is 4.72 Å². The van der Waals surface area contributed by atoms with E-state index in [1.165, 1.54) is 26.4 Å². The summed E-state index contributed by atoms with van der Waals surface area (Å²) in [6, 6.07) is 13.4. The van der Waals surface area contributed by atoms with Crippen LogP contribution in [0, 0.1) is 0 Å². The van der Waals surface area contributed by atoms with Crippen LogP contribution in [-0.4, -0.2) is 33.5 Å². The van der Waals surface area contributed by atoms with Crippen LogP contribution in [0.25, 0.3) is 0 Å². The first kappa shape index (κ1) is 16.6. The summed E-state index contributed by atoms with van der Waals surface area (Å²) < 4.78 is 38.0. The second-order valence-electron chi connectivity index (χ2n) is 4.58. The second-order valence-corrected chi connectivity index (χ2v) is 6.26. The number of rotatable bonds is 7. The van der Waals surface area contributed by atoms with Gasteiger partial charge < -0.3 is 9.47 Å². The monoisotopic (exact) mass is 322 g/mol. The van der Waals surface area contributed by atoms with Gasteiger partial charge in [-0.1, -0.05) is 24.3 Å². The smallest absolute Gasteiger partial charge is 0.245 e. The third kappa shape index (κ3) is 3.89. The molecule has 0 aliphatic carbocycles. The van der Waals surface area contributed by atoms with Crippen LogP contribution in [0.2, 0.25) is 0 Å². The molecule has 1 heterocycles. The fourth-order valence-electron chi connectivity index (χ4n) is 1.95. The van der Waals surface area contributed by atoms with E-state index < -0.39 is 15.9 Å². The maximum atomic E-state index is 12.5. The molecule has 0 amide bonds. The van der Waals surface area contributed by atoms with Crippen LogP contribution in [-0.2, 0) is 25.9 Å². The molecule has 0 aliphatic heterocycles. The lowest BCUT2D eigenvalue weighted by atomic mass is 10.2. The van der Waals surface area contributed by atoms with Crippen LogP contribution in [0.15, 0.2) is 59.6 Å². The fraction of sp³-hybridized carbons (Fsp3) is 0.267. The molecule has 2 rings (SSSR count). The Hall–Kier alpha value is -1.80. The Bertz CT molecular complexity index is 686. The molecule has 22 heavy (non-hydrogen) atoms. The van der Waals surface area contributed by atoms with E-state index in [0.29, 0.717) is 5.69 Å². The lowest BCUT2D eigenvalue weighted by molar-refractivity contribution is -0.213. The predicted octanol–water partition coefficient (Wildman–Crippen LogP) is 1.55. The van der Waals surface area contributed by atoms with E-state index in [1.54, 1.807) is 36.5 Å². The van der Waals surface area contributed by atoms with Gasteiger partial charge >= 0.3 is 0 Å². The van der Waals surface area contributed by atoms with E-state index in [9.17, 15) is 8.42 Å². The van der Waals surface area contributed by atoms with E-state index >= 15 is 0 Å². The molecular formula is C15H18N2O4S. The summed E-state index contributed by atoms with van der Waals surface area (Å²) in [5.41, 5.74) is 0.641. The van der Waals surface area contributed by atoms with Crippen molar-refractivity contribution in [3.63, 3.8) is 0 Å². The molecule has 0 atom stereocenters. The minimum Gasteiger partial charge on any atom is -0.340 e. The van der Waals surface area contributed by atoms with Crippen LogP contribution in [0.5, 0.6) is 0 Å². The van der Waals surface area contributed by atoms with Gasteiger partial charge in [0.2, 0.25) is 15.9 Å². The number of hydrogen-bond donors (Lipinski definition) is 1. The lowest BCUT2D eigenvalue weighted by Crippen LogP contribution is -2.53. The average molecular weight is 322 g/mol. The van der Waals surface area contributed by atoms with Crippen molar-refractivity contribution in [1.29, 1.82) is 0 Å². The van der Waals surface area contributed by atoms with Crippen molar-refractivity contribution < 1.29 is 17.9 Å². The second kappa shape index (κ2) is 6.97. The number of hydrogen-bond acceptors (Lipinski definition) is 5. The first-order valence-corrected chi connectivity index (χ1v) is 8.09. The minimum absolute atomic E-state index is 0.132. The van der Waals surface area contributed by atoms with Gasteiger partial charge in [-0.2, -0.15) is 4.72 Å². The van der Waals surface area contributed by atoms with Crippen LogP contribution in [0.4, 0.5) is 0 Å². The topological polar surface area (TPSA) is 77.5 Å². The minimum atomic E-state index is -3.79. The van der Waals surface area contributed by atoms with E-state index in [1.807, 2.05) is 6.07 Å². The zero-order valence-corrected chi connectivity index (χ0v) is 13.2. The molecule has 7 heteroatoms. The number of methoxy groups -OCH3 is 2. The number of aromatic nitrogens is 1. The summed E-state index contributed by atoms with van der Waals surface area (Å²) in [6.45, 7) is 0. The number of nitrogens with one attached hydrogen (secondary N) is 1. The van der Waals surface area contributed by atoms with Crippen LogP contribution in [0.1, 0.15) is 5.69 Å². The van der Waals surface area contributed by atoms with Crippen molar-refractivity contribution in [3.8, 4) is 0 Å². The molecule has 6 nitrogen and oxygen atoms in total. The highest BCUT2D eigenvalue weighted by Gasteiger charge is 2.36. The first-order chi connectivity index (χ1) is 10.5. The maximum absolute atomic E-state index is 12.5.